The number of ether oxygens (including phenoxy) is 1. The molecule has 1 aromatic heterocycles. The molecule has 0 aliphatic carbocycles. The number of nitriles is 1. The maximum absolute atomic E-state index is 12.2. The molecule has 4 nitrogen and oxygen atoms in total. The molecule has 0 radical (unpaired) electrons. The third kappa shape index (κ3) is 2.66. The van der Waals surface area contributed by atoms with Crippen LogP contribution in [0.1, 0.15) is 27.8 Å². The fraction of sp³-hybridized carbons (Fsp3) is 0.200. The van der Waals surface area contributed by atoms with Crippen molar-refractivity contribution in [1.29, 1.82) is 5.26 Å². The van der Waals surface area contributed by atoms with E-state index in [-0.39, 0.29) is 11.5 Å². The molecule has 0 N–H and O–H groups in total. The maximum atomic E-state index is 12.2. The zero-order chi connectivity index (χ0) is 13.8. The molecule has 1 unspecified atom stereocenters. The van der Waals surface area contributed by atoms with Gasteiger partial charge in [-0.2, -0.15) is 5.26 Å². The average Bonchev–Trinajstić information content (AvgIpc) is 2.87. The molecule has 0 aliphatic heterocycles. The van der Waals surface area contributed by atoms with Gasteiger partial charge in [0.05, 0.1) is 13.2 Å². The lowest BCUT2D eigenvalue weighted by molar-refractivity contribution is 0.0950. The highest BCUT2D eigenvalue weighted by Gasteiger charge is 2.24. The predicted molar refractivity (Wildman–Crippen MR) is 69.1 cm³/mol. The fourth-order valence-electron chi connectivity index (χ4n) is 1.79. The van der Waals surface area contributed by atoms with Crippen LogP contribution < -0.4 is 4.74 Å². The van der Waals surface area contributed by atoms with Crippen LogP contribution in [0.2, 0.25) is 0 Å². The summed E-state index contributed by atoms with van der Waals surface area (Å²) in [5.74, 6) is 0.341. The normalized spacial score (nSPS) is 11.6. The van der Waals surface area contributed by atoms with Crippen LogP contribution in [0.5, 0.6) is 5.75 Å². The van der Waals surface area contributed by atoms with Crippen LogP contribution >= 0.6 is 0 Å². The van der Waals surface area contributed by atoms with Gasteiger partial charge in [0.1, 0.15) is 17.4 Å². The standard InChI is InChI=1S/C15H13NO3/c1-10-3-8-14(19-10)15(17)13(9-16)11-4-6-12(18-2)7-5-11/h3-8,13H,1-2H3. The van der Waals surface area contributed by atoms with E-state index in [1.807, 2.05) is 6.07 Å². The van der Waals surface area contributed by atoms with Crippen molar-refractivity contribution in [3.63, 3.8) is 0 Å². The first-order valence-electron chi connectivity index (χ1n) is 5.80. The number of rotatable bonds is 4. The molecule has 96 valence electrons. The Hall–Kier alpha value is -2.54. The summed E-state index contributed by atoms with van der Waals surface area (Å²) in [6.45, 7) is 1.76. The van der Waals surface area contributed by atoms with E-state index < -0.39 is 5.92 Å². The van der Waals surface area contributed by atoms with Crippen molar-refractivity contribution in [3.05, 3.63) is 53.5 Å². The summed E-state index contributed by atoms with van der Waals surface area (Å²) in [6.07, 6.45) is 0. The first kappa shape index (κ1) is 12.9. The molecule has 0 bridgehead atoms. The summed E-state index contributed by atoms with van der Waals surface area (Å²) in [5, 5.41) is 9.20. The van der Waals surface area contributed by atoms with Crippen molar-refractivity contribution < 1.29 is 13.9 Å². The average molecular weight is 255 g/mol. The van der Waals surface area contributed by atoms with Crippen molar-refractivity contribution in [1.82, 2.24) is 0 Å². The first-order chi connectivity index (χ1) is 9.15. The molecule has 0 amide bonds. The Morgan fingerprint density at radius 2 is 1.95 bits per heavy atom. The van der Waals surface area contributed by atoms with Gasteiger partial charge >= 0.3 is 0 Å². The molecule has 0 spiro atoms. The minimum absolute atomic E-state index is 0.208. The number of aryl methyl sites for hydroxylation is 1. The number of ketones is 1. The third-order valence-corrected chi connectivity index (χ3v) is 2.82. The number of benzene rings is 1. The van der Waals surface area contributed by atoms with Gasteiger partial charge in [-0.1, -0.05) is 12.1 Å². The lowest BCUT2D eigenvalue weighted by Gasteiger charge is -2.07. The molecule has 1 heterocycles. The van der Waals surface area contributed by atoms with E-state index in [1.54, 1.807) is 50.4 Å². The molecule has 1 atom stereocenters. The summed E-state index contributed by atoms with van der Waals surface area (Å²) < 4.78 is 10.3. The van der Waals surface area contributed by atoms with Crippen LogP contribution in [-0.2, 0) is 0 Å². The first-order valence-corrected chi connectivity index (χ1v) is 5.80. The van der Waals surface area contributed by atoms with Gasteiger partial charge in [-0.25, -0.2) is 0 Å². The number of furan rings is 1. The number of nitrogens with zero attached hydrogens (tertiary/aromatic N) is 1. The molecule has 0 aliphatic rings. The maximum Gasteiger partial charge on any atom is 0.219 e. The summed E-state index contributed by atoms with van der Waals surface area (Å²) >= 11 is 0. The van der Waals surface area contributed by atoms with E-state index >= 15 is 0 Å². The van der Waals surface area contributed by atoms with Crippen LogP contribution in [0.3, 0.4) is 0 Å². The van der Waals surface area contributed by atoms with Crippen molar-refractivity contribution in [2.75, 3.05) is 7.11 Å². The van der Waals surface area contributed by atoms with Gasteiger partial charge in [0.25, 0.3) is 0 Å². The Kier molecular flexibility index (Phi) is 3.67. The summed E-state index contributed by atoms with van der Waals surface area (Å²) in [5.41, 5.74) is 0.627. The van der Waals surface area contributed by atoms with Crippen molar-refractivity contribution in [2.45, 2.75) is 12.8 Å². The molecule has 0 saturated carbocycles. The number of Topliss-reactive ketones (excluding diaryl/α,β-unsaturated/α-hetero) is 1. The van der Waals surface area contributed by atoms with Gasteiger partial charge in [-0.15, -0.1) is 0 Å². The van der Waals surface area contributed by atoms with Crippen LogP contribution in [-0.4, -0.2) is 12.9 Å². The lowest BCUT2D eigenvalue weighted by atomic mass is 9.95. The summed E-state index contributed by atoms with van der Waals surface area (Å²) in [4.78, 5) is 12.2. The van der Waals surface area contributed by atoms with Crippen molar-refractivity contribution >= 4 is 5.78 Å². The Balaban J connectivity index is 2.29. The Bertz CT molecular complexity index is 620. The van der Waals surface area contributed by atoms with Gasteiger partial charge in [0.15, 0.2) is 5.76 Å². The zero-order valence-corrected chi connectivity index (χ0v) is 10.7. The molecule has 19 heavy (non-hydrogen) atoms. The highest BCUT2D eigenvalue weighted by atomic mass is 16.5. The molecule has 0 saturated heterocycles. The van der Waals surface area contributed by atoms with E-state index in [9.17, 15) is 10.1 Å². The van der Waals surface area contributed by atoms with Gasteiger partial charge in [-0.05, 0) is 36.8 Å². The number of methoxy groups -OCH3 is 1. The molecule has 2 rings (SSSR count). The van der Waals surface area contributed by atoms with Crippen LogP contribution in [0.15, 0.2) is 40.8 Å². The van der Waals surface area contributed by atoms with Crippen molar-refractivity contribution in [2.24, 2.45) is 0 Å². The summed E-state index contributed by atoms with van der Waals surface area (Å²) in [6, 6.07) is 12.2. The largest absolute Gasteiger partial charge is 0.497 e. The second-order valence-electron chi connectivity index (χ2n) is 4.11. The number of carbonyl (C=O) groups is 1. The van der Waals surface area contributed by atoms with E-state index in [0.29, 0.717) is 17.1 Å². The number of hydrogen-bond donors (Lipinski definition) is 0. The monoisotopic (exact) mass is 255 g/mol. The SMILES string of the molecule is COc1ccc(C(C#N)C(=O)c2ccc(C)o2)cc1. The molecular formula is C15H13NO3. The second-order valence-corrected chi connectivity index (χ2v) is 4.11. The second kappa shape index (κ2) is 5.40. The smallest absolute Gasteiger partial charge is 0.219 e. The third-order valence-electron chi connectivity index (χ3n) is 2.82. The molecular weight excluding hydrogens is 242 g/mol. The van der Waals surface area contributed by atoms with E-state index in [4.69, 9.17) is 9.15 Å². The van der Waals surface area contributed by atoms with Gasteiger partial charge < -0.3 is 9.15 Å². The Morgan fingerprint density at radius 3 is 2.42 bits per heavy atom. The molecule has 0 fully saturated rings. The topological polar surface area (TPSA) is 63.2 Å². The van der Waals surface area contributed by atoms with Gasteiger partial charge in [-0.3, -0.25) is 4.79 Å². The fourth-order valence-corrected chi connectivity index (χ4v) is 1.79. The molecule has 2 aromatic rings. The highest BCUT2D eigenvalue weighted by molar-refractivity contribution is 6.00. The minimum Gasteiger partial charge on any atom is -0.497 e. The minimum atomic E-state index is -0.864. The Morgan fingerprint density at radius 1 is 1.26 bits per heavy atom. The lowest BCUT2D eigenvalue weighted by Crippen LogP contribution is -2.10. The summed E-state index contributed by atoms with van der Waals surface area (Å²) in [7, 11) is 1.56. The van der Waals surface area contributed by atoms with Crippen LogP contribution in [0, 0.1) is 18.3 Å². The van der Waals surface area contributed by atoms with Crippen LogP contribution in [0.4, 0.5) is 0 Å². The number of hydrogen-bond acceptors (Lipinski definition) is 4. The zero-order valence-electron chi connectivity index (χ0n) is 10.7. The number of carbonyl (C=O) groups excluding carboxylic acids is 1. The van der Waals surface area contributed by atoms with E-state index in [0.717, 1.165) is 0 Å². The van der Waals surface area contributed by atoms with Gasteiger partial charge in [0.2, 0.25) is 5.78 Å². The molecule has 4 heteroatoms. The van der Waals surface area contributed by atoms with E-state index in [2.05, 4.69) is 0 Å². The van der Waals surface area contributed by atoms with Crippen LogP contribution in [0.25, 0.3) is 0 Å². The quantitative estimate of drug-likeness (QED) is 0.787. The predicted octanol–water partition coefficient (Wildman–Crippen LogP) is 3.09. The van der Waals surface area contributed by atoms with E-state index in [1.165, 1.54) is 0 Å². The Labute approximate surface area is 111 Å². The van der Waals surface area contributed by atoms with Gasteiger partial charge in [0, 0.05) is 0 Å². The highest BCUT2D eigenvalue weighted by Crippen LogP contribution is 2.23. The molecule has 1 aromatic carbocycles. The van der Waals surface area contributed by atoms with Crippen molar-refractivity contribution in [3.8, 4) is 11.8 Å².